The van der Waals surface area contributed by atoms with Gasteiger partial charge in [-0.3, -0.25) is 4.90 Å². The van der Waals surface area contributed by atoms with Gasteiger partial charge in [0.25, 0.3) is 0 Å². The smallest absolute Gasteiger partial charge is 0.183 e. The van der Waals surface area contributed by atoms with Crippen molar-refractivity contribution in [2.24, 2.45) is 0 Å². The van der Waals surface area contributed by atoms with Crippen molar-refractivity contribution < 1.29 is 4.74 Å². The van der Waals surface area contributed by atoms with E-state index in [9.17, 15) is 0 Å². The summed E-state index contributed by atoms with van der Waals surface area (Å²) in [5, 5.41) is 3.43. The van der Waals surface area contributed by atoms with Gasteiger partial charge < -0.3 is 15.0 Å². The minimum absolute atomic E-state index is 0.678. The predicted octanol–water partition coefficient (Wildman–Crippen LogP) is 1.76. The van der Waals surface area contributed by atoms with Crippen LogP contribution in [0.15, 0.2) is 36.7 Å². The van der Waals surface area contributed by atoms with Gasteiger partial charge in [-0.05, 0) is 0 Å². The lowest BCUT2D eigenvalue weighted by Gasteiger charge is -2.26. The highest BCUT2D eigenvalue weighted by atomic mass is 16.5. The molecule has 1 saturated heterocycles. The number of aromatic nitrogens is 4. The summed E-state index contributed by atoms with van der Waals surface area (Å²) in [6.45, 7) is 5.39. The summed E-state index contributed by atoms with van der Waals surface area (Å²) in [4.78, 5) is 19.0. The molecule has 3 aromatic rings. The second-order valence-electron chi connectivity index (χ2n) is 5.74. The Bertz CT molecular complexity index is 797. The summed E-state index contributed by atoms with van der Waals surface area (Å²) >= 11 is 0. The van der Waals surface area contributed by atoms with Gasteiger partial charge in [0.05, 0.1) is 19.5 Å². The Balaban J connectivity index is 1.54. The molecule has 0 spiro atoms. The summed E-state index contributed by atoms with van der Waals surface area (Å²) in [5.74, 6) is 1.48. The maximum Gasteiger partial charge on any atom is 0.183 e. The van der Waals surface area contributed by atoms with Crippen molar-refractivity contribution in [3.63, 3.8) is 0 Å². The number of hydrogen-bond donors (Lipinski definition) is 2. The number of anilines is 1. The van der Waals surface area contributed by atoms with Crippen molar-refractivity contribution in [1.29, 1.82) is 0 Å². The van der Waals surface area contributed by atoms with Gasteiger partial charge in [0.2, 0.25) is 0 Å². The molecule has 0 amide bonds. The molecule has 0 unspecified atom stereocenters. The summed E-state index contributed by atoms with van der Waals surface area (Å²) in [7, 11) is 0. The van der Waals surface area contributed by atoms with Crippen molar-refractivity contribution >= 4 is 17.0 Å². The molecule has 1 aromatic carbocycles. The maximum absolute atomic E-state index is 5.38. The van der Waals surface area contributed by atoms with E-state index in [1.807, 2.05) is 30.3 Å². The monoisotopic (exact) mass is 324 g/mol. The van der Waals surface area contributed by atoms with Gasteiger partial charge in [0, 0.05) is 31.7 Å². The van der Waals surface area contributed by atoms with Gasteiger partial charge in [-0.15, -0.1) is 0 Å². The molecule has 1 aliphatic heterocycles. The van der Waals surface area contributed by atoms with E-state index >= 15 is 0 Å². The minimum atomic E-state index is 0.678. The van der Waals surface area contributed by atoms with E-state index in [2.05, 4.69) is 30.2 Å². The van der Waals surface area contributed by atoms with Crippen LogP contribution in [0.25, 0.3) is 22.6 Å². The van der Waals surface area contributed by atoms with E-state index in [-0.39, 0.29) is 0 Å². The van der Waals surface area contributed by atoms with E-state index in [0.717, 1.165) is 56.3 Å². The molecule has 24 heavy (non-hydrogen) atoms. The van der Waals surface area contributed by atoms with Gasteiger partial charge in [0.1, 0.15) is 5.52 Å². The van der Waals surface area contributed by atoms with Crippen LogP contribution in [0.4, 0.5) is 5.82 Å². The molecule has 1 aliphatic rings. The van der Waals surface area contributed by atoms with Crippen molar-refractivity contribution in [3.05, 3.63) is 36.7 Å². The molecule has 0 aliphatic carbocycles. The van der Waals surface area contributed by atoms with Crippen molar-refractivity contribution in [3.8, 4) is 11.4 Å². The van der Waals surface area contributed by atoms with Crippen LogP contribution in [0.5, 0.6) is 0 Å². The molecular weight excluding hydrogens is 304 g/mol. The molecule has 2 N–H and O–H groups in total. The van der Waals surface area contributed by atoms with Crippen LogP contribution < -0.4 is 5.32 Å². The van der Waals surface area contributed by atoms with E-state index < -0.39 is 0 Å². The average molecular weight is 324 g/mol. The number of benzene rings is 1. The average Bonchev–Trinajstić information content (AvgIpc) is 3.12. The third kappa shape index (κ3) is 3.22. The Morgan fingerprint density at radius 1 is 1.12 bits per heavy atom. The zero-order valence-corrected chi connectivity index (χ0v) is 13.4. The molecule has 124 valence electrons. The Labute approximate surface area is 140 Å². The fourth-order valence-electron chi connectivity index (χ4n) is 2.83. The Hall–Kier alpha value is -2.51. The van der Waals surface area contributed by atoms with Crippen LogP contribution >= 0.6 is 0 Å². The van der Waals surface area contributed by atoms with Crippen molar-refractivity contribution in [2.45, 2.75) is 0 Å². The van der Waals surface area contributed by atoms with Crippen LogP contribution in [0.2, 0.25) is 0 Å². The second kappa shape index (κ2) is 6.94. The van der Waals surface area contributed by atoms with E-state index in [1.165, 1.54) is 0 Å². The molecule has 3 heterocycles. The zero-order valence-electron chi connectivity index (χ0n) is 13.4. The van der Waals surface area contributed by atoms with Crippen LogP contribution in [0, 0.1) is 0 Å². The Morgan fingerprint density at radius 2 is 1.96 bits per heavy atom. The molecule has 7 heteroatoms. The third-order valence-corrected chi connectivity index (χ3v) is 4.14. The molecule has 0 radical (unpaired) electrons. The quantitative estimate of drug-likeness (QED) is 0.744. The highest BCUT2D eigenvalue weighted by molar-refractivity contribution is 5.84. The number of fused-ring (bicyclic) bond motifs is 1. The van der Waals surface area contributed by atoms with Gasteiger partial charge in [0.15, 0.2) is 17.3 Å². The number of nitrogens with zero attached hydrogens (tertiary/aromatic N) is 4. The van der Waals surface area contributed by atoms with Gasteiger partial charge in [-0.2, -0.15) is 0 Å². The maximum atomic E-state index is 5.38. The first-order chi connectivity index (χ1) is 11.9. The van der Waals surface area contributed by atoms with Crippen LogP contribution in [0.3, 0.4) is 0 Å². The lowest BCUT2D eigenvalue weighted by atomic mass is 10.2. The Morgan fingerprint density at radius 3 is 2.79 bits per heavy atom. The lowest BCUT2D eigenvalue weighted by Crippen LogP contribution is -2.39. The molecule has 4 rings (SSSR count). The number of imidazole rings is 1. The molecule has 1 fully saturated rings. The van der Waals surface area contributed by atoms with Gasteiger partial charge in [-0.25, -0.2) is 15.0 Å². The SMILES string of the molecule is c1ccc(-c2nc(NCCN3CCOCC3)c3[nH]cnc3n2)cc1. The van der Waals surface area contributed by atoms with Gasteiger partial charge >= 0.3 is 0 Å². The second-order valence-corrected chi connectivity index (χ2v) is 5.74. The first kappa shape index (κ1) is 15.0. The highest BCUT2D eigenvalue weighted by Crippen LogP contribution is 2.22. The number of aromatic amines is 1. The fraction of sp³-hybridized carbons (Fsp3) is 0.353. The number of morpholine rings is 1. The van der Waals surface area contributed by atoms with E-state index in [0.29, 0.717) is 11.5 Å². The van der Waals surface area contributed by atoms with Gasteiger partial charge in [-0.1, -0.05) is 30.3 Å². The predicted molar refractivity (Wildman–Crippen MR) is 92.9 cm³/mol. The largest absolute Gasteiger partial charge is 0.379 e. The topological polar surface area (TPSA) is 79.0 Å². The number of H-pyrrole nitrogens is 1. The highest BCUT2D eigenvalue weighted by Gasteiger charge is 2.13. The molecular formula is C17H20N6O. The first-order valence-electron chi connectivity index (χ1n) is 8.21. The minimum Gasteiger partial charge on any atom is -0.379 e. The van der Waals surface area contributed by atoms with Crippen molar-refractivity contribution in [2.75, 3.05) is 44.7 Å². The first-order valence-corrected chi connectivity index (χ1v) is 8.21. The van der Waals surface area contributed by atoms with E-state index in [4.69, 9.17) is 4.74 Å². The standard InChI is InChI=1S/C17H20N6O/c1-2-4-13(5-3-1)15-21-16(14-17(22-15)20-12-19-14)18-6-7-23-8-10-24-11-9-23/h1-5,12H,6-11H2,(H2,18,19,20,21,22). The summed E-state index contributed by atoms with van der Waals surface area (Å²) < 4.78 is 5.38. The summed E-state index contributed by atoms with van der Waals surface area (Å²) in [6.07, 6.45) is 1.65. The molecule has 0 bridgehead atoms. The number of hydrogen-bond acceptors (Lipinski definition) is 6. The van der Waals surface area contributed by atoms with Crippen LogP contribution in [-0.4, -0.2) is 64.2 Å². The number of ether oxygens (including phenoxy) is 1. The zero-order chi connectivity index (χ0) is 16.2. The van der Waals surface area contributed by atoms with Crippen LogP contribution in [0.1, 0.15) is 0 Å². The van der Waals surface area contributed by atoms with Crippen LogP contribution in [-0.2, 0) is 4.74 Å². The number of rotatable bonds is 5. The van der Waals surface area contributed by atoms with Crippen molar-refractivity contribution in [1.82, 2.24) is 24.8 Å². The fourth-order valence-corrected chi connectivity index (χ4v) is 2.83. The lowest BCUT2D eigenvalue weighted by molar-refractivity contribution is 0.0398. The molecule has 2 aromatic heterocycles. The third-order valence-electron chi connectivity index (χ3n) is 4.14. The summed E-state index contributed by atoms with van der Waals surface area (Å²) in [6, 6.07) is 9.96. The summed E-state index contributed by atoms with van der Waals surface area (Å²) in [5.41, 5.74) is 2.51. The number of nitrogens with one attached hydrogen (secondary N) is 2. The van der Waals surface area contributed by atoms with E-state index in [1.54, 1.807) is 6.33 Å². The molecule has 7 nitrogen and oxygen atoms in total. The molecule has 0 saturated carbocycles. The normalized spacial score (nSPS) is 15.7. The molecule has 0 atom stereocenters. The Kier molecular flexibility index (Phi) is 4.35.